The van der Waals surface area contributed by atoms with Gasteiger partial charge in [-0.15, -0.1) is 0 Å². The number of likely N-dealkylation sites (tertiary alicyclic amines) is 1. The maximum Gasteiger partial charge on any atom is 0.0223 e. The van der Waals surface area contributed by atoms with E-state index in [1.807, 2.05) is 0 Å². The molecule has 0 saturated carbocycles. The molecule has 2 unspecified atom stereocenters. The molecule has 0 spiro atoms. The fourth-order valence-corrected chi connectivity index (χ4v) is 3.08. The molecular weight excluding hydrogens is 198 g/mol. The van der Waals surface area contributed by atoms with Crippen LogP contribution in [0.5, 0.6) is 0 Å². The van der Waals surface area contributed by atoms with Crippen molar-refractivity contribution in [3.63, 3.8) is 0 Å². The van der Waals surface area contributed by atoms with Gasteiger partial charge in [0.2, 0.25) is 0 Å². The van der Waals surface area contributed by atoms with Crippen LogP contribution < -0.4 is 5.32 Å². The van der Waals surface area contributed by atoms with Gasteiger partial charge < -0.3 is 10.2 Å². The average Bonchev–Trinajstić information content (AvgIpc) is 2.23. The molecule has 16 heavy (non-hydrogen) atoms. The lowest BCUT2D eigenvalue weighted by Crippen LogP contribution is -2.50. The fraction of sp³-hybridized carbons (Fsp3) is 1.00. The summed E-state index contributed by atoms with van der Waals surface area (Å²) in [4.78, 5) is 5.25. The van der Waals surface area contributed by atoms with E-state index < -0.39 is 0 Å². The first-order valence-electron chi connectivity index (χ1n) is 6.89. The summed E-state index contributed by atoms with van der Waals surface area (Å²) in [5.74, 6) is 0.799. The Morgan fingerprint density at radius 1 is 1.12 bits per heavy atom. The Morgan fingerprint density at radius 2 is 2.00 bits per heavy atom. The van der Waals surface area contributed by atoms with Crippen LogP contribution in [0.4, 0.5) is 0 Å². The van der Waals surface area contributed by atoms with E-state index in [9.17, 15) is 0 Å². The molecule has 0 aromatic carbocycles. The summed E-state index contributed by atoms with van der Waals surface area (Å²) in [5.41, 5.74) is 0. The number of piperidine rings is 1. The molecule has 3 heteroatoms. The molecule has 2 aliphatic heterocycles. The minimum absolute atomic E-state index is 0.799. The van der Waals surface area contributed by atoms with Crippen LogP contribution in [0.1, 0.15) is 26.2 Å². The van der Waals surface area contributed by atoms with Gasteiger partial charge in [-0.1, -0.05) is 6.92 Å². The monoisotopic (exact) mass is 225 g/mol. The Balaban J connectivity index is 1.89. The summed E-state index contributed by atoms with van der Waals surface area (Å²) in [6.45, 7) is 9.91. The predicted molar refractivity (Wildman–Crippen MR) is 68.7 cm³/mol. The van der Waals surface area contributed by atoms with Crippen LogP contribution in [0, 0.1) is 5.92 Å². The number of nitrogens with one attached hydrogen (secondary N) is 1. The van der Waals surface area contributed by atoms with Gasteiger partial charge in [0.05, 0.1) is 0 Å². The van der Waals surface area contributed by atoms with E-state index in [0.717, 1.165) is 12.0 Å². The van der Waals surface area contributed by atoms with Crippen LogP contribution >= 0.6 is 0 Å². The maximum atomic E-state index is 3.53. The van der Waals surface area contributed by atoms with Gasteiger partial charge in [-0.05, 0) is 58.4 Å². The third-order valence-electron chi connectivity index (χ3n) is 3.95. The summed E-state index contributed by atoms with van der Waals surface area (Å²) in [6, 6.07) is 0.819. The van der Waals surface area contributed by atoms with Crippen molar-refractivity contribution in [2.75, 3.05) is 46.3 Å². The molecule has 0 aliphatic carbocycles. The molecule has 2 saturated heterocycles. The highest BCUT2D eigenvalue weighted by atomic mass is 15.2. The van der Waals surface area contributed by atoms with Crippen molar-refractivity contribution in [1.82, 2.24) is 15.1 Å². The van der Waals surface area contributed by atoms with Crippen molar-refractivity contribution >= 4 is 0 Å². The van der Waals surface area contributed by atoms with Gasteiger partial charge in [-0.2, -0.15) is 0 Å². The summed E-state index contributed by atoms with van der Waals surface area (Å²) < 4.78 is 0. The lowest BCUT2D eigenvalue weighted by molar-refractivity contribution is 0.0925. The molecule has 0 aromatic heterocycles. The van der Waals surface area contributed by atoms with Gasteiger partial charge in [0.1, 0.15) is 0 Å². The Hall–Kier alpha value is -0.120. The second-order valence-electron chi connectivity index (χ2n) is 5.72. The predicted octanol–water partition coefficient (Wildman–Crippen LogP) is 1.01. The second-order valence-corrected chi connectivity index (χ2v) is 5.72. The van der Waals surface area contributed by atoms with Crippen LogP contribution in [-0.2, 0) is 0 Å². The quantitative estimate of drug-likeness (QED) is 0.718. The highest BCUT2D eigenvalue weighted by Crippen LogP contribution is 2.17. The van der Waals surface area contributed by atoms with Gasteiger partial charge in [-0.3, -0.25) is 4.90 Å². The van der Waals surface area contributed by atoms with Gasteiger partial charge in [0.15, 0.2) is 0 Å². The second kappa shape index (κ2) is 5.99. The maximum absolute atomic E-state index is 3.53. The van der Waals surface area contributed by atoms with Crippen molar-refractivity contribution in [2.45, 2.75) is 32.2 Å². The van der Waals surface area contributed by atoms with Crippen LogP contribution in [0.3, 0.4) is 0 Å². The van der Waals surface area contributed by atoms with Gasteiger partial charge >= 0.3 is 0 Å². The molecule has 1 N–H and O–H groups in total. The lowest BCUT2D eigenvalue weighted by Gasteiger charge is -2.40. The minimum atomic E-state index is 0.799. The largest absolute Gasteiger partial charge is 0.316 e. The van der Waals surface area contributed by atoms with Crippen LogP contribution in [0.15, 0.2) is 0 Å². The molecule has 0 aromatic rings. The van der Waals surface area contributed by atoms with Crippen molar-refractivity contribution < 1.29 is 0 Å². The Kier molecular flexibility index (Phi) is 4.62. The standard InChI is InChI=1S/C13H27N3/c1-12-9-14-6-4-8-16(10-12)13-5-3-7-15(2)11-13/h12-14H,3-11H2,1-2H3. The lowest BCUT2D eigenvalue weighted by atomic mass is 10.0. The van der Waals surface area contributed by atoms with Crippen LogP contribution in [0.25, 0.3) is 0 Å². The molecule has 0 amide bonds. The average molecular weight is 225 g/mol. The van der Waals surface area contributed by atoms with Crippen LogP contribution in [-0.4, -0.2) is 62.2 Å². The highest BCUT2D eigenvalue weighted by Gasteiger charge is 2.25. The molecule has 0 radical (unpaired) electrons. The van der Waals surface area contributed by atoms with E-state index in [-0.39, 0.29) is 0 Å². The molecule has 2 rings (SSSR count). The van der Waals surface area contributed by atoms with E-state index in [0.29, 0.717) is 0 Å². The molecule has 3 nitrogen and oxygen atoms in total. The molecular formula is C13H27N3. The van der Waals surface area contributed by atoms with E-state index in [1.54, 1.807) is 0 Å². The number of hydrogen-bond acceptors (Lipinski definition) is 3. The van der Waals surface area contributed by atoms with Crippen LogP contribution in [0.2, 0.25) is 0 Å². The van der Waals surface area contributed by atoms with Crippen molar-refractivity contribution in [3.05, 3.63) is 0 Å². The molecule has 2 aliphatic rings. The summed E-state index contributed by atoms with van der Waals surface area (Å²) in [5, 5.41) is 3.53. The number of hydrogen-bond donors (Lipinski definition) is 1. The van der Waals surface area contributed by atoms with E-state index in [2.05, 4.69) is 29.1 Å². The van der Waals surface area contributed by atoms with Crippen molar-refractivity contribution in [2.24, 2.45) is 5.92 Å². The molecule has 2 heterocycles. The van der Waals surface area contributed by atoms with Crippen molar-refractivity contribution in [1.29, 1.82) is 0 Å². The van der Waals surface area contributed by atoms with E-state index in [4.69, 9.17) is 0 Å². The Labute approximate surface area is 100 Å². The van der Waals surface area contributed by atoms with Gasteiger partial charge in [0, 0.05) is 19.1 Å². The third-order valence-corrected chi connectivity index (χ3v) is 3.95. The number of rotatable bonds is 1. The van der Waals surface area contributed by atoms with E-state index >= 15 is 0 Å². The smallest absolute Gasteiger partial charge is 0.0223 e. The number of likely N-dealkylation sites (N-methyl/N-ethyl adjacent to an activating group) is 1. The zero-order valence-electron chi connectivity index (χ0n) is 10.9. The highest BCUT2D eigenvalue weighted by molar-refractivity contribution is 4.81. The first-order valence-corrected chi connectivity index (χ1v) is 6.89. The third kappa shape index (κ3) is 3.44. The van der Waals surface area contributed by atoms with Gasteiger partial charge in [-0.25, -0.2) is 0 Å². The number of nitrogens with zero attached hydrogens (tertiary/aromatic N) is 2. The summed E-state index contributed by atoms with van der Waals surface area (Å²) >= 11 is 0. The molecule has 2 fully saturated rings. The minimum Gasteiger partial charge on any atom is -0.316 e. The first-order chi connectivity index (χ1) is 7.75. The topological polar surface area (TPSA) is 18.5 Å². The summed E-state index contributed by atoms with van der Waals surface area (Å²) in [7, 11) is 2.27. The van der Waals surface area contributed by atoms with Crippen molar-refractivity contribution in [3.8, 4) is 0 Å². The molecule has 94 valence electrons. The van der Waals surface area contributed by atoms with Gasteiger partial charge in [0.25, 0.3) is 0 Å². The zero-order chi connectivity index (χ0) is 11.4. The first kappa shape index (κ1) is 12.3. The van der Waals surface area contributed by atoms with E-state index in [1.165, 1.54) is 58.5 Å². The molecule has 2 atom stereocenters. The summed E-state index contributed by atoms with van der Waals surface area (Å²) in [6.07, 6.45) is 4.10. The SMILES string of the molecule is CC1CNCCCN(C2CCCN(C)C2)C1. The zero-order valence-corrected chi connectivity index (χ0v) is 10.9. The fourth-order valence-electron chi connectivity index (χ4n) is 3.08. The molecule has 0 bridgehead atoms. The normalized spacial score (nSPS) is 35.6. The Bertz CT molecular complexity index is 207. The Morgan fingerprint density at radius 3 is 2.81 bits per heavy atom.